The minimum atomic E-state index is -0.881. The summed E-state index contributed by atoms with van der Waals surface area (Å²) in [5.41, 5.74) is 1.41. The van der Waals surface area contributed by atoms with Gasteiger partial charge in [-0.1, -0.05) is 30.0 Å². The smallest absolute Gasteiger partial charge is 0.324 e. The number of rotatable bonds is 4. The summed E-state index contributed by atoms with van der Waals surface area (Å²) in [4.78, 5) is 30.6. The molecule has 34 heavy (non-hydrogen) atoms. The Morgan fingerprint density at radius 1 is 1.03 bits per heavy atom. The molecule has 3 amide bonds. The number of aromatic nitrogens is 1. The second-order valence-electron chi connectivity index (χ2n) is 8.45. The SMILES string of the molecule is Cc1cc([C@]2(C)CC(=O)N(CCc3c(F)cc(C#Cc4ccccc4)cc3F)C(=O)N2)ccn1. The molecule has 1 aliphatic rings. The van der Waals surface area contributed by atoms with E-state index in [9.17, 15) is 18.4 Å². The predicted molar refractivity (Wildman–Crippen MR) is 124 cm³/mol. The van der Waals surface area contributed by atoms with Gasteiger partial charge in [-0.25, -0.2) is 13.6 Å². The van der Waals surface area contributed by atoms with Crippen LogP contribution < -0.4 is 5.32 Å². The molecule has 0 saturated carbocycles. The molecule has 2 aromatic carbocycles. The van der Waals surface area contributed by atoms with E-state index in [0.29, 0.717) is 0 Å². The Morgan fingerprint density at radius 3 is 2.35 bits per heavy atom. The van der Waals surface area contributed by atoms with E-state index in [1.54, 1.807) is 31.3 Å². The second kappa shape index (κ2) is 9.44. The molecule has 0 aliphatic carbocycles. The highest BCUT2D eigenvalue weighted by Crippen LogP contribution is 2.29. The van der Waals surface area contributed by atoms with Gasteiger partial charge in [-0.15, -0.1) is 0 Å². The van der Waals surface area contributed by atoms with Crippen molar-refractivity contribution in [1.29, 1.82) is 0 Å². The van der Waals surface area contributed by atoms with Gasteiger partial charge in [0.25, 0.3) is 0 Å². The Bertz CT molecular complexity index is 1270. The molecule has 1 aliphatic heterocycles. The molecule has 0 bridgehead atoms. The van der Waals surface area contributed by atoms with Gasteiger partial charge >= 0.3 is 6.03 Å². The summed E-state index contributed by atoms with van der Waals surface area (Å²) in [5.74, 6) is 3.68. The third kappa shape index (κ3) is 4.96. The van der Waals surface area contributed by atoms with Crippen LogP contribution in [0.15, 0.2) is 60.8 Å². The number of urea groups is 1. The minimum absolute atomic E-state index is 0.0289. The highest BCUT2D eigenvalue weighted by Gasteiger charge is 2.41. The van der Waals surface area contributed by atoms with Crippen LogP contribution in [0.4, 0.5) is 13.6 Å². The van der Waals surface area contributed by atoms with Gasteiger partial charge < -0.3 is 5.32 Å². The highest BCUT2D eigenvalue weighted by atomic mass is 19.1. The van der Waals surface area contributed by atoms with Crippen LogP contribution in [0.25, 0.3) is 0 Å². The molecule has 4 rings (SSSR count). The molecule has 1 saturated heterocycles. The third-order valence-corrected chi connectivity index (χ3v) is 5.82. The lowest BCUT2D eigenvalue weighted by atomic mass is 9.86. The van der Waals surface area contributed by atoms with Crippen molar-refractivity contribution < 1.29 is 18.4 Å². The Hall–Kier alpha value is -4.05. The number of amides is 3. The minimum Gasteiger partial charge on any atom is -0.328 e. The van der Waals surface area contributed by atoms with E-state index in [2.05, 4.69) is 22.1 Å². The Morgan fingerprint density at radius 2 is 1.71 bits per heavy atom. The summed E-state index contributed by atoms with van der Waals surface area (Å²) in [6.07, 6.45) is 1.51. The maximum atomic E-state index is 14.6. The fraction of sp³-hybridized carbons (Fsp3) is 0.222. The monoisotopic (exact) mass is 459 g/mol. The van der Waals surface area contributed by atoms with E-state index in [4.69, 9.17) is 0 Å². The fourth-order valence-electron chi connectivity index (χ4n) is 3.95. The van der Waals surface area contributed by atoms with E-state index < -0.39 is 29.1 Å². The first kappa shape index (κ1) is 23.1. The first-order valence-electron chi connectivity index (χ1n) is 10.9. The molecule has 7 heteroatoms. The third-order valence-electron chi connectivity index (χ3n) is 5.82. The predicted octanol–water partition coefficient (Wildman–Crippen LogP) is 4.47. The second-order valence-corrected chi connectivity index (χ2v) is 8.45. The normalized spacial score (nSPS) is 17.7. The van der Waals surface area contributed by atoms with Gasteiger partial charge in [-0.2, -0.15) is 0 Å². The lowest BCUT2D eigenvalue weighted by Gasteiger charge is -2.39. The van der Waals surface area contributed by atoms with Gasteiger partial charge in [-0.3, -0.25) is 14.7 Å². The van der Waals surface area contributed by atoms with Crippen LogP contribution in [0.5, 0.6) is 0 Å². The lowest BCUT2D eigenvalue weighted by molar-refractivity contribution is -0.131. The summed E-state index contributed by atoms with van der Waals surface area (Å²) in [7, 11) is 0. The van der Waals surface area contributed by atoms with Crippen molar-refractivity contribution in [2.24, 2.45) is 0 Å². The first-order valence-corrected chi connectivity index (χ1v) is 10.9. The van der Waals surface area contributed by atoms with Crippen LogP contribution in [0.1, 0.15) is 41.3 Å². The molecule has 0 radical (unpaired) electrons. The number of hydrogen-bond donors (Lipinski definition) is 1. The summed E-state index contributed by atoms with van der Waals surface area (Å²) in [6.45, 7) is 3.45. The molecule has 172 valence electrons. The highest BCUT2D eigenvalue weighted by molar-refractivity contribution is 5.98. The number of halogens is 2. The number of imide groups is 1. The van der Waals surface area contributed by atoms with Crippen molar-refractivity contribution in [3.8, 4) is 11.8 Å². The van der Waals surface area contributed by atoms with Crippen LogP contribution in [0.2, 0.25) is 0 Å². The standard InChI is InChI=1S/C27H23F2N3O2/c1-18-14-21(10-12-30-18)27(2)17-25(33)32(26(34)31-27)13-11-22-23(28)15-20(16-24(22)29)9-8-19-6-4-3-5-7-19/h3-7,10,12,14-16H,11,13,17H2,1-2H3,(H,31,34)/t27-/m0/s1. The maximum Gasteiger partial charge on any atom is 0.324 e. The van der Waals surface area contributed by atoms with E-state index in [-0.39, 0.29) is 30.5 Å². The number of nitrogens with zero attached hydrogens (tertiary/aromatic N) is 2. The Labute approximate surface area is 196 Å². The molecule has 2 heterocycles. The molecular weight excluding hydrogens is 436 g/mol. The van der Waals surface area contributed by atoms with E-state index in [1.165, 1.54) is 0 Å². The van der Waals surface area contributed by atoms with Gasteiger partial charge in [0, 0.05) is 35.1 Å². The van der Waals surface area contributed by atoms with E-state index in [1.807, 2.05) is 31.2 Å². The van der Waals surface area contributed by atoms with Crippen molar-refractivity contribution in [1.82, 2.24) is 15.2 Å². The van der Waals surface area contributed by atoms with Crippen LogP contribution in [-0.4, -0.2) is 28.4 Å². The summed E-state index contributed by atoms with van der Waals surface area (Å²) < 4.78 is 29.3. The Kier molecular flexibility index (Phi) is 6.42. The number of carbonyl (C=O) groups excluding carboxylic acids is 2. The van der Waals surface area contributed by atoms with Gasteiger partial charge in [0.05, 0.1) is 12.0 Å². The van der Waals surface area contributed by atoms with Crippen molar-refractivity contribution in [2.45, 2.75) is 32.2 Å². The zero-order valence-corrected chi connectivity index (χ0v) is 18.9. The zero-order valence-electron chi connectivity index (χ0n) is 18.9. The van der Waals surface area contributed by atoms with Crippen LogP contribution in [-0.2, 0) is 16.8 Å². The van der Waals surface area contributed by atoms with Gasteiger partial charge in [0.1, 0.15) is 11.6 Å². The average molecular weight is 459 g/mol. The number of carbonyl (C=O) groups is 2. The number of aryl methyl sites for hydroxylation is 1. The lowest BCUT2D eigenvalue weighted by Crippen LogP contribution is -2.59. The molecule has 0 unspecified atom stereocenters. The van der Waals surface area contributed by atoms with Crippen LogP contribution >= 0.6 is 0 Å². The van der Waals surface area contributed by atoms with E-state index in [0.717, 1.165) is 33.9 Å². The van der Waals surface area contributed by atoms with E-state index >= 15 is 0 Å². The molecule has 0 spiro atoms. The van der Waals surface area contributed by atoms with Crippen LogP contribution in [0, 0.1) is 30.4 Å². The quantitative estimate of drug-likeness (QED) is 0.586. The van der Waals surface area contributed by atoms with Crippen LogP contribution in [0.3, 0.4) is 0 Å². The average Bonchev–Trinajstić information content (AvgIpc) is 2.79. The topological polar surface area (TPSA) is 62.3 Å². The molecule has 1 fully saturated rings. The summed E-state index contributed by atoms with van der Waals surface area (Å²) in [5, 5.41) is 2.86. The van der Waals surface area contributed by atoms with Crippen molar-refractivity contribution in [3.63, 3.8) is 0 Å². The zero-order chi connectivity index (χ0) is 24.3. The number of hydrogen-bond acceptors (Lipinski definition) is 3. The molecule has 5 nitrogen and oxygen atoms in total. The van der Waals surface area contributed by atoms with Crippen molar-refractivity contribution in [3.05, 3.63) is 100 Å². The molecular formula is C27H23F2N3O2. The van der Waals surface area contributed by atoms with Gasteiger partial charge in [-0.05, 0) is 62.2 Å². The molecule has 1 aromatic heterocycles. The fourth-order valence-corrected chi connectivity index (χ4v) is 3.95. The van der Waals surface area contributed by atoms with Crippen molar-refractivity contribution in [2.75, 3.05) is 6.54 Å². The van der Waals surface area contributed by atoms with Gasteiger partial charge in [0.15, 0.2) is 0 Å². The number of nitrogens with one attached hydrogen (secondary N) is 1. The van der Waals surface area contributed by atoms with Crippen molar-refractivity contribution >= 4 is 11.9 Å². The Balaban J connectivity index is 1.46. The maximum absolute atomic E-state index is 14.6. The summed E-state index contributed by atoms with van der Waals surface area (Å²) in [6, 6.07) is 14.4. The van der Waals surface area contributed by atoms with Gasteiger partial charge in [0.2, 0.25) is 5.91 Å². The molecule has 3 aromatic rings. The molecule has 1 N–H and O–H groups in total. The largest absolute Gasteiger partial charge is 0.328 e. The number of benzene rings is 2. The molecule has 1 atom stereocenters. The summed E-state index contributed by atoms with van der Waals surface area (Å²) >= 11 is 0. The first-order chi connectivity index (χ1) is 16.2. The number of pyridine rings is 1.